The number of hydrogen-bond donors (Lipinski definition) is 3. The van der Waals surface area contributed by atoms with E-state index in [1.54, 1.807) is 11.8 Å². The van der Waals surface area contributed by atoms with Crippen LogP contribution in [0.3, 0.4) is 0 Å². The first kappa shape index (κ1) is 42.3. The minimum absolute atomic E-state index is 0.0237. The van der Waals surface area contributed by atoms with Crippen molar-refractivity contribution >= 4 is 40.8 Å². The van der Waals surface area contributed by atoms with Crippen molar-refractivity contribution in [3.63, 3.8) is 0 Å². The fraction of sp³-hybridized carbons (Fsp3) is 0.524. The molecule has 0 saturated carbocycles. The summed E-state index contributed by atoms with van der Waals surface area (Å²) in [5.41, 5.74) is 1.94. The van der Waals surface area contributed by atoms with Crippen molar-refractivity contribution in [2.24, 2.45) is 17.8 Å². The molecule has 1 saturated heterocycles. The third-order valence-corrected chi connectivity index (χ3v) is 11.5. The second-order valence-corrected chi connectivity index (χ2v) is 16.0. The number of likely N-dealkylation sites (N-methyl/N-ethyl adjacent to an activating group) is 1. The van der Waals surface area contributed by atoms with E-state index in [0.29, 0.717) is 12.8 Å². The lowest BCUT2D eigenvalue weighted by Crippen LogP contribution is -2.58. The molecule has 1 aliphatic heterocycles. The van der Waals surface area contributed by atoms with E-state index in [0.717, 1.165) is 48.3 Å². The summed E-state index contributed by atoms with van der Waals surface area (Å²) in [4.78, 5) is 75.7. The number of amides is 3. The standard InChI is InChI=1S/C42H57N5O6S/c1-7-28(4)37(45-39(50)34-20-14-15-21-46(34)6)41(51)47(25-31-18-12-9-13-19-31)35(27(2)3)24-36(48)40-44-33(26-54-40)38(49)43-32(22-29(5)42(52)53)23-30-16-10-8-11-17-30/h8-13,16-19,26-29,32,34-35,37H,7,14-15,20-25H2,1-6H3,(H,43,49)(H,45,50)(H,52,53)/t28?,29-,32+,34?,35+,37?/m0/s1. The molecule has 3 amide bonds. The predicted molar refractivity (Wildman–Crippen MR) is 211 cm³/mol. The maximum atomic E-state index is 14.7. The first-order valence-corrected chi connectivity index (χ1v) is 20.1. The molecule has 0 aliphatic carbocycles. The number of carbonyl (C=O) groups excluding carboxylic acids is 4. The fourth-order valence-electron chi connectivity index (χ4n) is 7.02. The number of benzene rings is 2. The molecule has 0 radical (unpaired) electrons. The summed E-state index contributed by atoms with van der Waals surface area (Å²) in [5.74, 6) is -3.06. The van der Waals surface area contributed by atoms with Gasteiger partial charge in [0.15, 0.2) is 10.8 Å². The van der Waals surface area contributed by atoms with Gasteiger partial charge >= 0.3 is 5.97 Å². The predicted octanol–water partition coefficient (Wildman–Crippen LogP) is 6.24. The van der Waals surface area contributed by atoms with E-state index in [1.165, 1.54) is 5.38 Å². The number of carbonyl (C=O) groups is 5. The third kappa shape index (κ3) is 11.8. The van der Waals surface area contributed by atoms with E-state index in [4.69, 9.17) is 0 Å². The van der Waals surface area contributed by atoms with Gasteiger partial charge in [0, 0.05) is 30.4 Å². The summed E-state index contributed by atoms with van der Waals surface area (Å²) in [6.07, 6.45) is 4.05. The summed E-state index contributed by atoms with van der Waals surface area (Å²) in [5, 5.41) is 17.3. The highest BCUT2D eigenvalue weighted by Crippen LogP contribution is 2.26. The van der Waals surface area contributed by atoms with Crippen molar-refractivity contribution < 1.29 is 29.1 Å². The van der Waals surface area contributed by atoms with Crippen LogP contribution in [0.25, 0.3) is 0 Å². The topological polar surface area (TPSA) is 149 Å². The summed E-state index contributed by atoms with van der Waals surface area (Å²) in [7, 11) is 1.95. The van der Waals surface area contributed by atoms with Gasteiger partial charge in [0.1, 0.15) is 11.7 Å². The van der Waals surface area contributed by atoms with Crippen LogP contribution in [0, 0.1) is 17.8 Å². The average Bonchev–Trinajstić information content (AvgIpc) is 3.66. The Morgan fingerprint density at radius 1 is 0.944 bits per heavy atom. The van der Waals surface area contributed by atoms with Gasteiger partial charge in [0.05, 0.1) is 12.0 Å². The molecule has 1 aromatic heterocycles. The molecule has 1 aliphatic rings. The Balaban J connectivity index is 1.56. The first-order valence-electron chi connectivity index (χ1n) is 19.2. The second kappa shape index (κ2) is 20.3. The number of Topliss-reactive ketones (excluding diaryl/α,β-unsaturated/α-hetero) is 1. The van der Waals surface area contributed by atoms with E-state index in [1.807, 2.05) is 95.4 Å². The number of rotatable bonds is 19. The molecule has 292 valence electrons. The van der Waals surface area contributed by atoms with Crippen LogP contribution in [0.1, 0.15) is 105 Å². The number of carboxylic acid groups (broad SMARTS) is 1. The van der Waals surface area contributed by atoms with Crippen LogP contribution in [0.15, 0.2) is 66.0 Å². The Kier molecular flexibility index (Phi) is 15.9. The molecular weight excluding hydrogens is 703 g/mol. The Labute approximate surface area is 323 Å². The van der Waals surface area contributed by atoms with Gasteiger partial charge in [-0.1, -0.05) is 108 Å². The van der Waals surface area contributed by atoms with Crippen molar-refractivity contribution in [3.05, 3.63) is 87.9 Å². The minimum Gasteiger partial charge on any atom is -0.481 e. The molecule has 3 N–H and O–H groups in total. The van der Waals surface area contributed by atoms with Gasteiger partial charge in [-0.3, -0.25) is 28.9 Å². The molecule has 2 aromatic carbocycles. The van der Waals surface area contributed by atoms with Gasteiger partial charge in [0.25, 0.3) is 5.91 Å². The maximum absolute atomic E-state index is 14.7. The lowest BCUT2D eigenvalue weighted by Gasteiger charge is -2.39. The Bertz CT molecular complexity index is 1700. The van der Waals surface area contributed by atoms with Crippen LogP contribution < -0.4 is 10.6 Å². The van der Waals surface area contributed by atoms with Crippen molar-refractivity contribution in [2.45, 2.75) is 110 Å². The highest BCUT2D eigenvalue weighted by atomic mass is 32.1. The number of carboxylic acids is 1. The number of hydrogen-bond acceptors (Lipinski definition) is 8. The number of piperidine rings is 1. The molecule has 0 spiro atoms. The lowest BCUT2D eigenvalue weighted by atomic mass is 9.92. The fourth-order valence-corrected chi connectivity index (χ4v) is 7.77. The lowest BCUT2D eigenvalue weighted by molar-refractivity contribution is -0.142. The Morgan fingerprint density at radius 2 is 1.59 bits per heavy atom. The molecule has 11 nitrogen and oxygen atoms in total. The third-order valence-electron chi connectivity index (χ3n) is 10.6. The van der Waals surface area contributed by atoms with Crippen molar-refractivity contribution in [3.8, 4) is 0 Å². The highest BCUT2D eigenvalue weighted by molar-refractivity contribution is 7.12. The monoisotopic (exact) mass is 759 g/mol. The van der Waals surface area contributed by atoms with Gasteiger partial charge < -0.3 is 20.6 Å². The zero-order chi connectivity index (χ0) is 39.4. The van der Waals surface area contributed by atoms with Crippen LogP contribution >= 0.6 is 11.3 Å². The molecule has 3 unspecified atom stereocenters. The quantitative estimate of drug-likeness (QED) is 0.122. The van der Waals surface area contributed by atoms with Crippen LogP contribution in [0.2, 0.25) is 0 Å². The second-order valence-electron chi connectivity index (χ2n) is 15.1. The first-order chi connectivity index (χ1) is 25.8. The van der Waals surface area contributed by atoms with Crippen LogP contribution in [0.4, 0.5) is 0 Å². The van der Waals surface area contributed by atoms with Gasteiger partial charge in [0.2, 0.25) is 11.8 Å². The van der Waals surface area contributed by atoms with E-state index in [9.17, 15) is 29.1 Å². The molecule has 12 heteroatoms. The molecule has 2 heterocycles. The van der Waals surface area contributed by atoms with Gasteiger partial charge in [-0.2, -0.15) is 0 Å². The number of aromatic nitrogens is 1. The molecule has 0 bridgehead atoms. The molecule has 54 heavy (non-hydrogen) atoms. The maximum Gasteiger partial charge on any atom is 0.306 e. The normalized spacial score (nSPS) is 17.5. The molecule has 4 rings (SSSR count). The molecule has 1 fully saturated rings. The number of thiazole rings is 1. The summed E-state index contributed by atoms with van der Waals surface area (Å²) >= 11 is 1.07. The smallest absolute Gasteiger partial charge is 0.306 e. The van der Waals surface area contributed by atoms with Crippen LogP contribution in [-0.4, -0.2) is 87.1 Å². The number of ketones is 1. The van der Waals surface area contributed by atoms with Crippen molar-refractivity contribution in [1.82, 2.24) is 25.4 Å². The molecule has 6 atom stereocenters. The van der Waals surface area contributed by atoms with E-state index in [2.05, 4.69) is 20.5 Å². The van der Waals surface area contributed by atoms with E-state index in [-0.39, 0.29) is 65.6 Å². The average molecular weight is 760 g/mol. The van der Waals surface area contributed by atoms with Gasteiger partial charge in [-0.15, -0.1) is 11.3 Å². The molecular formula is C42H57N5O6S. The van der Waals surface area contributed by atoms with E-state index >= 15 is 0 Å². The number of nitrogens with one attached hydrogen (secondary N) is 2. The number of nitrogens with zero attached hydrogens (tertiary/aromatic N) is 3. The largest absolute Gasteiger partial charge is 0.481 e. The Hall–Kier alpha value is -4.42. The van der Waals surface area contributed by atoms with Gasteiger partial charge in [-0.25, -0.2) is 4.98 Å². The zero-order valence-corrected chi connectivity index (χ0v) is 33.3. The summed E-state index contributed by atoms with van der Waals surface area (Å²) < 4.78 is 0. The number of aliphatic carboxylic acids is 1. The van der Waals surface area contributed by atoms with Gasteiger partial charge in [-0.05, 0) is 62.2 Å². The van der Waals surface area contributed by atoms with Crippen LogP contribution in [-0.2, 0) is 27.3 Å². The van der Waals surface area contributed by atoms with Crippen molar-refractivity contribution in [1.29, 1.82) is 0 Å². The Morgan fingerprint density at radius 3 is 2.19 bits per heavy atom. The van der Waals surface area contributed by atoms with Crippen LogP contribution in [0.5, 0.6) is 0 Å². The number of likely N-dealkylation sites (tertiary alicyclic amines) is 1. The van der Waals surface area contributed by atoms with Crippen molar-refractivity contribution in [2.75, 3.05) is 13.6 Å². The summed E-state index contributed by atoms with van der Waals surface area (Å²) in [6.45, 7) is 10.6. The molecule has 3 aromatic rings. The highest BCUT2D eigenvalue weighted by Gasteiger charge is 2.38. The summed E-state index contributed by atoms with van der Waals surface area (Å²) in [6, 6.07) is 17.1. The zero-order valence-electron chi connectivity index (χ0n) is 32.5. The van der Waals surface area contributed by atoms with E-state index < -0.39 is 35.9 Å². The minimum atomic E-state index is -0.946. The SMILES string of the molecule is CCC(C)C(NC(=O)C1CCCCN1C)C(=O)N(Cc1ccccc1)[C@H](CC(=O)c1nc(C(=O)N[C@@H](Cc2ccccc2)C[C@H](C)C(=O)O)cs1)C(C)C.